The van der Waals surface area contributed by atoms with Gasteiger partial charge in [0.15, 0.2) is 11.4 Å². The number of nitrogens with zero attached hydrogens (tertiary/aromatic N) is 2. The van der Waals surface area contributed by atoms with E-state index in [1.54, 1.807) is 44.4 Å². The maximum atomic E-state index is 13.8. The number of phenolic OH excluding ortho intramolecular Hbond substituents is 1. The molecule has 10 heteroatoms. The topological polar surface area (TPSA) is 185 Å². The highest BCUT2D eigenvalue weighted by atomic mass is 16.3. The van der Waals surface area contributed by atoms with Crippen molar-refractivity contribution in [2.24, 2.45) is 17.6 Å². The molecule has 0 bridgehead atoms. The monoisotopic (exact) mass is 515 g/mol. The second kappa shape index (κ2) is 8.55. The van der Waals surface area contributed by atoms with Gasteiger partial charge < -0.3 is 26.2 Å². The molecule has 2 aromatic carbocycles. The Kier molecular flexibility index (Phi) is 5.67. The number of phenols is 1. The zero-order chi connectivity index (χ0) is 27.7. The van der Waals surface area contributed by atoms with Crippen LogP contribution in [0.4, 0.5) is 0 Å². The van der Waals surface area contributed by atoms with Gasteiger partial charge in [0.25, 0.3) is 5.91 Å². The summed E-state index contributed by atoms with van der Waals surface area (Å²) in [6.07, 6.45) is 0.187. The lowest BCUT2D eigenvalue weighted by molar-refractivity contribution is -0.148. The summed E-state index contributed by atoms with van der Waals surface area (Å²) in [5.74, 6) is -6.89. The first kappa shape index (κ1) is 25.2. The second-order valence-corrected chi connectivity index (χ2v) is 10.1. The summed E-state index contributed by atoms with van der Waals surface area (Å²) in [7, 11) is 3.16. The Bertz CT molecular complexity index is 1530. The number of nitrogens with two attached hydrogens (primary N) is 1. The zero-order valence-corrected chi connectivity index (χ0v) is 20.6. The molecule has 0 aliphatic heterocycles. The summed E-state index contributed by atoms with van der Waals surface area (Å²) in [4.78, 5) is 40.7. The van der Waals surface area contributed by atoms with Crippen LogP contribution in [0.25, 0.3) is 11.1 Å². The Labute approximate surface area is 217 Å². The molecule has 3 aliphatic rings. The number of allylic oxidation sites excluding steroid dienone is 1. The fourth-order valence-corrected chi connectivity index (χ4v) is 6.25. The Balaban J connectivity index is 1.71. The number of fused-ring (bicyclic) bond motifs is 3. The maximum Gasteiger partial charge on any atom is 0.255 e. The second-order valence-electron chi connectivity index (χ2n) is 10.1. The molecule has 2 aromatic rings. The molecule has 5 rings (SSSR count). The molecule has 194 valence electrons. The number of aromatic hydroxyl groups is 1. The van der Waals surface area contributed by atoms with Crippen LogP contribution in [-0.4, -0.2) is 68.5 Å². The van der Waals surface area contributed by atoms with Crippen molar-refractivity contribution < 1.29 is 34.8 Å². The van der Waals surface area contributed by atoms with Gasteiger partial charge in [-0.25, -0.2) is 0 Å². The third kappa shape index (κ3) is 3.29. The molecule has 10 nitrogen and oxygen atoms in total. The normalized spacial score (nSPS) is 26.6. The number of rotatable bonds is 3. The van der Waals surface area contributed by atoms with E-state index in [1.165, 1.54) is 11.0 Å². The van der Waals surface area contributed by atoms with E-state index in [0.717, 1.165) is 0 Å². The van der Waals surface area contributed by atoms with Crippen LogP contribution < -0.4 is 5.73 Å². The quantitative estimate of drug-likeness (QED) is 0.379. The van der Waals surface area contributed by atoms with E-state index in [0.29, 0.717) is 22.3 Å². The van der Waals surface area contributed by atoms with E-state index in [4.69, 9.17) is 11.0 Å². The maximum absolute atomic E-state index is 13.8. The highest BCUT2D eigenvalue weighted by Gasteiger charge is 2.63. The SMILES string of the molecule is CN(C)C1C(O)=C(C(N)=O)C(=O)C2(O)C(O)=C3C(=O)c4c(O)ccc(-c5ccc(C#N)cc5)c4CC3CC12. The lowest BCUT2D eigenvalue weighted by atomic mass is 9.58. The molecule has 0 radical (unpaired) electrons. The number of carbonyl (C=O) groups excluding carboxylic acids is 3. The Morgan fingerprint density at radius 1 is 1.11 bits per heavy atom. The van der Waals surface area contributed by atoms with E-state index in [9.17, 15) is 34.8 Å². The van der Waals surface area contributed by atoms with Crippen molar-refractivity contribution in [1.82, 2.24) is 4.90 Å². The summed E-state index contributed by atoms with van der Waals surface area (Å²) in [6, 6.07) is 10.7. The summed E-state index contributed by atoms with van der Waals surface area (Å²) in [5, 5.41) is 53.6. The number of ketones is 2. The lowest BCUT2D eigenvalue weighted by Crippen LogP contribution is -2.63. The van der Waals surface area contributed by atoms with Crippen molar-refractivity contribution in [3.05, 3.63) is 75.8 Å². The molecule has 38 heavy (non-hydrogen) atoms. The van der Waals surface area contributed by atoms with Gasteiger partial charge in [-0.05, 0) is 67.7 Å². The van der Waals surface area contributed by atoms with Crippen LogP contribution in [0.2, 0.25) is 0 Å². The number of benzene rings is 2. The predicted molar refractivity (Wildman–Crippen MR) is 134 cm³/mol. The van der Waals surface area contributed by atoms with Gasteiger partial charge in [-0.15, -0.1) is 0 Å². The molecule has 6 N–H and O–H groups in total. The summed E-state index contributed by atoms with van der Waals surface area (Å²) >= 11 is 0. The summed E-state index contributed by atoms with van der Waals surface area (Å²) < 4.78 is 0. The Morgan fingerprint density at radius 3 is 2.34 bits per heavy atom. The first-order valence-electron chi connectivity index (χ1n) is 11.9. The molecule has 3 aliphatic carbocycles. The summed E-state index contributed by atoms with van der Waals surface area (Å²) in [6.45, 7) is 0. The number of Topliss-reactive ketones (excluding diaryl/α,β-unsaturated/α-hetero) is 2. The third-order valence-electron chi connectivity index (χ3n) is 7.93. The van der Waals surface area contributed by atoms with E-state index >= 15 is 0 Å². The van der Waals surface area contributed by atoms with E-state index in [-0.39, 0.29) is 29.7 Å². The van der Waals surface area contributed by atoms with Crippen molar-refractivity contribution in [3.8, 4) is 22.9 Å². The highest BCUT2D eigenvalue weighted by Crippen LogP contribution is 2.53. The molecule has 1 amide bonds. The number of aliphatic hydroxyl groups is 3. The molecule has 4 unspecified atom stereocenters. The molecule has 0 saturated heterocycles. The number of primary amides is 1. The fourth-order valence-electron chi connectivity index (χ4n) is 6.25. The smallest absolute Gasteiger partial charge is 0.255 e. The van der Waals surface area contributed by atoms with Gasteiger partial charge in [0.1, 0.15) is 22.8 Å². The largest absolute Gasteiger partial charge is 0.510 e. The first-order chi connectivity index (χ1) is 17.9. The number of hydrogen-bond acceptors (Lipinski definition) is 9. The zero-order valence-electron chi connectivity index (χ0n) is 20.6. The van der Waals surface area contributed by atoms with Crippen LogP contribution in [0.3, 0.4) is 0 Å². The van der Waals surface area contributed by atoms with Gasteiger partial charge in [0.2, 0.25) is 5.78 Å². The van der Waals surface area contributed by atoms with Crippen molar-refractivity contribution >= 4 is 17.5 Å². The van der Waals surface area contributed by atoms with Crippen molar-refractivity contribution in [1.29, 1.82) is 5.26 Å². The van der Waals surface area contributed by atoms with Gasteiger partial charge in [-0.1, -0.05) is 18.2 Å². The molecule has 0 heterocycles. The van der Waals surface area contributed by atoms with Gasteiger partial charge in [0.05, 0.1) is 23.2 Å². The number of hydrogen-bond donors (Lipinski definition) is 5. The van der Waals surface area contributed by atoms with Crippen LogP contribution in [0.1, 0.15) is 27.9 Å². The van der Waals surface area contributed by atoms with E-state index in [1.807, 2.05) is 0 Å². The predicted octanol–water partition coefficient (Wildman–Crippen LogP) is 1.66. The minimum atomic E-state index is -2.68. The number of amides is 1. The minimum Gasteiger partial charge on any atom is -0.510 e. The van der Waals surface area contributed by atoms with Crippen LogP contribution in [0.5, 0.6) is 5.75 Å². The van der Waals surface area contributed by atoms with E-state index < -0.39 is 58.0 Å². The number of nitriles is 1. The first-order valence-corrected chi connectivity index (χ1v) is 11.9. The van der Waals surface area contributed by atoms with Gasteiger partial charge in [0, 0.05) is 11.5 Å². The summed E-state index contributed by atoms with van der Waals surface area (Å²) in [5.41, 5.74) is 3.89. The van der Waals surface area contributed by atoms with Crippen LogP contribution in [0.15, 0.2) is 59.1 Å². The van der Waals surface area contributed by atoms with Crippen molar-refractivity contribution in [3.63, 3.8) is 0 Å². The Hall–Kier alpha value is -4.46. The standard InChI is InChI=1S/C28H25N3O7/c1-31(2)22-17-10-14-9-16-15(13-5-3-12(11-29)4-6-13)7-8-18(32)20(16)23(33)19(14)25(35)28(17,38)26(36)21(24(22)34)27(30)37/h3-8,14,17,22,32,34-35,38H,9-10H2,1-2H3,(H2,30,37). The minimum absolute atomic E-state index is 0.00816. The highest BCUT2D eigenvalue weighted by molar-refractivity contribution is 6.24. The van der Waals surface area contributed by atoms with Crippen LogP contribution in [-0.2, 0) is 16.0 Å². The molecule has 0 saturated carbocycles. The van der Waals surface area contributed by atoms with Gasteiger partial charge in [-0.2, -0.15) is 5.26 Å². The molecule has 0 fully saturated rings. The third-order valence-corrected chi connectivity index (χ3v) is 7.93. The number of carbonyl (C=O) groups is 3. The average molecular weight is 516 g/mol. The van der Waals surface area contributed by atoms with Gasteiger partial charge >= 0.3 is 0 Å². The average Bonchev–Trinajstić information content (AvgIpc) is 2.86. The molecule has 0 spiro atoms. The van der Waals surface area contributed by atoms with Crippen LogP contribution in [0, 0.1) is 23.2 Å². The lowest BCUT2D eigenvalue weighted by Gasteiger charge is -2.50. The van der Waals surface area contributed by atoms with Crippen molar-refractivity contribution in [2.45, 2.75) is 24.5 Å². The van der Waals surface area contributed by atoms with Crippen LogP contribution >= 0.6 is 0 Å². The van der Waals surface area contributed by atoms with E-state index in [2.05, 4.69) is 6.07 Å². The molecule has 0 aromatic heterocycles. The fraction of sp³-hybridized carbons (Fsp3) is 0.286. The van der Waals surface area contributed by atoms with Crippen molar-refractivity contribution in [2.75, 3.05) is 14.1 Å². The Morgan fingerprint density at radius 2 is 1.76 bits per heavy atom. The molecule has 4 atom stereocenters. The number of likely N-dealkylation sites (N-methyl/N-ethyl adjacent to an activating group) is 1. The molecular formula is C28H25N3O7. The molecular weight excluding hydrogens is 490 g/mol. The van der Waals surface area contributed by atoms with Gasteiger partial charge in [-0.3, -0.25) is 19.3 Å². The number of aliphatic hydroxyl groups excluding tert-OH is 2.